The third kappa shape index (κ3) is 2.62. The van der Waals surface area contributed by atoms with Crippen LogP contribution in [0.2, 0.25) is 0 Å². The van der Waals surface area contributed by atoms with Gasteiger partial charge in [-0.3, -0.25) is 4.79 Å². The van der Waals surface area contributed by atoms with E-state index in [9.17, 15) is 15.0 Å². The summed E-state index contributed by atoms with van der Waals surface area (Å²) in [6.45, 7) is 4.91. The number of aromatic hydroxyl groups is 2. The fourth-order valence-corrected chi connectivity index (χ4v) is 1.16. The first-order chi connectivity index (χ1) is 6.91. The van der Waals surface area contributed by atoms with E-state index < -0.39 is 0 Å². The number of phenolic OH excluding ortho intramolecular Hbond substituents is 2. The molecular formula is C11H14O4. The van der Waals surface area contributed by atoms with Gasteiger partial charge in [0.25, 0.3) is 0 Å². The van der Waals surface area contributed by atoms with Crippen molar-refractivity contribution in [2.45, 2.75) is 26.9 Å². The van der Waals surface area contributed by atoms with Gasteiger partial charge in [0, 0.05) is 5.56 Å². The van der Waals surface area contributed by atoms with Crippen molar-refractivity contribution in [3.05, 3.63) is 17.7 Å². The van der Waals surface area contributed by atoms with Gasteiger partial charge in [-0.1, -0.05) is 0 Å². The molecule has 0 saturated carbocycles. The van der Waals surface area contributed by atoms with Crippen molar-refractivity contribution in [2.24, 2.45) is 0 Å². The lowest BCUT2D eigenvalue weighted by Gasteiger charge is -2.13. The topological polar surface area (TPSA) is 66.8 Å². The van der Waals surface area contributed by atoms with Gasteiger partial charge in [0.2, 0.25) is 5.75 Å². The molecule has 1 rings (SSSR count). The fourth-order valence-electron chi connectivity index (χ4n) is 1.16. The van der Waals surface area contributed by atoms with E-state index in [-0.39, 0.29) is 34.7 Å². The zero-order valence-corrected chi connectivity index (χ0v) is 8.94. The molecule has 0 aliphatic carbocycles. The zero-order chi connectivity index (χ0) is 11.6. The van der Waals surface area contributed by atoms with Crippen molar-refractivity contribution < 1.29 is 19.7 Å². The Hall–Kier alpha value is -1.71. The van der Waals surface area contributed by atoms with Gasteiger partial charge in [-0.2, -0.15) is 0 Å². The monoisotopic (exact) mass is 210 g/mol. The SMILES string of the molecule is CC(=O)c1cc(O)c(OC(C)C)c(O)c1. The molecule has 0 spiro atoms. The van der Waals surface area contributed by atoms with Gasteiger partial charge in [0.1, 0.15) is 0 Å². The summed E-state index contributed by atoms with van der Waals surface area (Å²) in [6.07, 6.45) is -0.162. The lowest BCUT2D eigenvalue weighted by molar-refractivity contribution is 0.101. The Kier molecular flexibility index (Phi) is 3.19. The van der Waals surface area contributed by atoms with Crippen molar-refractivity contribution in [3.8, 4) is 17.2 Å². The number of hydrogen-bond donors (Lipinski definition) is 2. The molecule has 0 aromatic heterocycles. The average Bonchev–Trinajstić information content (AvgIpc) is 2.10. The molecule has 2 N–H and O–H groups in total. The molecule has 15 heavy (non-hydrogen) atoms. The Bertz CT molecular complexity index is 359. The quantitative estimate of drug-likeness (QED) is 0.749. The van der Waals surface area contributed by atoms with Crippen molar-refractivity contribution >= 4 is 5.78 Å². The first kappa shape index (κ1) is 11.4. The van der Waals surface area contributed by atoms with E-state index in [1.54, 1.807) is 13.8 Å². The molecule has 4 nitrogen and oxygen atoms in total. The molecule has 0 aliphatic rings. The summed E-state index contributed by atoms with van der Waals surface area (Å²) in [5.41, 5.74) is 0.251. The summed E-state index contributed by atoms with van der Waals surface area (Å²) in [4.78, 5) is 11.0. The van der Waals surface area contributed by atoms with Crippen LogP contribution in [0, 0.1) is 0 Å². The summed E-state index contributed by atoms with van der Waals surface area (Å²) in [5, 5.41) is 19.1. The molecule has 0 heterocycles. The molecule has 0 bridgehead atoms. The molecule has 0 unspecified atom stereocenters. The number of ketones is 1. The second-order valence-corrected chi connectivity index (χ2v) is 3.57. The third-order valence-electron chi connectivity index (χ3n) is 1.81. The Morgan fingerprint density at radius 2 is 1.73 bits per heavy atom. The van der Waals surface area contributed by atoms with Gasteiger partial charge in [0.15, 0.2) is 17.3 Å². The first-order valence-corrected chi connectivity index (χ1v) is 4.65. The Morgan fingerprint density at radius 3 is 2.07 bits per heavy atom. The number of hydrogen-bond acceptors (Lipinski definition) is 4. The standard InChI is InChI=1S/C11H14O4/c1-6(2)15-11-9(13)4-8(7(3)12)5-10(11)14/h4-6,13-14H,1-3H3. The maximum absolute atomic E-state index is 11.0. The third-order valence-corrected chi connectivity index (χ3v) is 1.81. The lowest BCUT2D eigenvalue weighted by atomic mass is 10.1. The highest BCUT2D eigenvalue weighted by atomic mass is 16.5. The van der Waals surface area contributed by atoms with Crippen LogP contribution in [0.4, 0.5) is 0 Å². The molecular weight excluding hydrogens is 196 g/mol. The highest BCUT2D eigenvalue weighted by Crippen LogP contribution is 2.37. The van der Waals surface area contributed by atoms with E-state index in [0.29, 0.717) is 0 Å². The largest absolute Gasteiger partial charge is 0.504 e. The zero-order valence-electron chi connectivity index (χ0n) is 8.94. The van der Waals surface area contributed by atoms with Crippen molar-refractivity contribution in [3.63, 3.8) is 0 Å². The van der Waals surface area contributed by atoms with E-state index in [0.717, 1.165) is 0 Å². The second-order valence-electron chi connectivity index (χ2n) is 3.57. The Morgan fingerprint density at radius 1 is 1.27 bits per heavy atom. The van der Waals surface area contributed by atoms with Crippen molar-refractivity contribution in [1.82, 2.24) is 0 Å². The van der Waals surface area contributed by atoms with Crippen LogP contribution in [0.15, 0.2) is 12.1 Å². The molecule has 0 atom stereocenters. The van der Waals surface area contributed by atoms with Gasteiger partial charge < -0.3 is 14.9 Å². The molecule has 82 valence electrons. The number of phenols is 2. The highest BCUT2D eigenvalue weighted by Gasteiger charge is 2.14. The number of carbonyl (C=O) groups excluding carboxylic acids is 1. The predicted molar refractivity (Wildman–Crippen MR) is 55.5 cm³/mol. The summed E-state index contributed by atoms with van der Waals surface area (Å²) < 4.78 is 5.20. The van der Waals surface area contributed by atoms with Crippen LogP contribution < -0.4 is 4.74 Å². The van der Waals surface area contributed by atoms with Crippen LogP contribution >= 0.6 is 0 Å². The number of carbonyl (C=O) groups is 1. The number of Topliss-reactive ketones (excluding diaryl/α,β-unsaturated/α-hetero) is 1. The Labute approximate surface area is 88.1 Å². The number of ether oxygens (including phenoxy) is 1. The van der Waals surface area contributed by atoms with Crippen molar-refractivity contribution in [2.75, 3.05) is 0 Å². The summed E-state index contributed by atoms with van der Waals surface area (Å²) in [6, 6.07) is 2.56. The molecule has 4 heteroatoms. The average molecular weight is 210 g/mol. The lowest BCUT2D eigenvalue weighted by Crippen LogP contribution is -2.06. The van der Waals surface area contributed by atoms with Crippen LogP contribution in [0.5, 0.6) is 17.2 Å². The molecule has 0 amide bonds. The van der Waals surface area contributed by atoms with Gasteiger partial charge in [-0.15, -0.1) is 0 Å². The van der Waals surface area contributed by atoms with E-state index in [2.05, 4.69) is 0 Å². The minimum atomic E-state index is -0.228. The normalized spacial score (nSPS) is 10.4. The van der Waals surface area contributed by atoms with Crippen molar-refractivity contribution in [1.29, 1.82) is 0 Å². The Balaban J connectivity index is 3.15. The van der Waals surface area contributed by atoms with Crippen LogP contribution in [-0.2, 0) is 0 Å². The second kappa shape index (κ2) is 4.21. The van der Waals surface area contributed by atoms with Gasteiger partial charge in [0.05, 0.1) is 6.10 Å². The van der Waals surface area contributed by atoms with Gasteiger partial charge >= 0.3 is 0 Å². The van der Waals surface area contributed by atoms with Gasteiger partial charge in [-0.25, -0.2) is 0 Å². The molecule has 0 radical (unpaired) electrons. The number of benzene rings is 1. The molecule has 0 fully saturated rings. The fraction of sp³-hybridized carbons (Fsp3) is 0.364. The van der Waals surface area contributed by atoms with E-state index in [1.165, 1.54) is 19.1 Å². The predicted octanol–water partition coefficient (Wildman–Crippen LogP) is 2.09. The van der Waals surface area contributed by atoms with Gasteiger partial charge in [-0.05, 0) is 32.9 Å². The van der Waals surface area contributed by atoms with Crippen LogP contribution in [0.1, 0.15) is 31.1 Å². The minimum Gasteiger partial charge on any atom is -0.504 e. The van der Waals surface area contributed by atoms with Crippen LogP contribution in [0.3, 0.4) is 0 Å². The van der Waals surface area contributed by atoms with Crippen LogP contribution in [0.25, 0.3) is 0 Å². The summed E-state index contributed by atoms with van der Waals surface area (Å²) in [5.74, 6) is -0.672. The van der Waals surface area contributed by atoms with E-state index >= 15 is 0 Å². The minimum absolute atomic E-state index is 0.00926. The highest BCUT2D eigenvalue weighted by molar-refractivity contribution is 5.95. The first-order valence-electron chi connectivity index (χ1n) is 4.65. The molecule has 0 aliphatic heterocycles. The molecule has 1 aromatic rings. The maximum atomic E-state index is 11.0. The summed E-state index contributed by atoms with van der Waals surface area (Å²) >= 11 is 0. The summed E-state index contributed by atoms with van der Waals surface area (Å²) in [7, 11) is 0. The number of rotatable bonds is 3. The van der Waals surface area contributed by atoms with E-state index in [1.807, 2.05) is 0 Å². The molecule has 1 aromatic carbocycles. The molecule has 0 saturated heterocycles. The smallest absolute Gasteiger partial charge is 0.203 e. The maximum Gasteiger partial charge on any atom is 0.203 e. The van der Waals surface area contributed by atoms with E-state index in [4.69, 9.17) is 4.74 Å². The van der Waals surface area contributed by atoms with Crippen LogP contribution in [-0.4, -0.2) is 22.1 Å².